The van der Waals surface area contributed by atoms with Gasteiger partial charge in [0.15, 0.2) is 0 Å². The summed E-state index contributed by atoms with van der Waals surface area (Å²) >= 11 is 5.31. The smallest absolute Gasteiger partial charge is 0.243 e. The lowest BCUT2D eigenvalue weighted by Gasteiger charge is -2.03. The van der Waals surface area contributed by atoms with Gasteiger partial charge in [-0.1, -0.05) is 5.21 Å². The lowest BCUT2D eigenvalue weighted by atomic mass is 10.5. The van der Waals surface area contributed by atoms with E-state index in [1.54, 1.807) is 0 Å². The molecule has 1 heterocycles. The van der Waals surface area contributed by atoms with E-state index in [1.165, 1.54) is 6.20 Å². The van der Waals surface area contributed by atoms with Crippen molar-refractivity contribution in [1.82, 2.24) is 15.0 Å². The van der Waals surface area contributed by atoms with Crippen LogP contribution in [-0.2, 0) is 12.4 Å². The van der Waals surface area contributed by atoms with E-state index in [-0.39, 0.29) is 5.88 Å². The van der Waals surface area contributed by atoms with E-state index in [0.29, 0.717) is 10.4 Å². The molecular formula is C5H5ClF3N3. The summed E-state index contributed by atoms with van der Waals surface area (Å²) in [7, 11) is 0. The minimum absolute atomic E-state index is 0.0673. The Morgan fingerprint density at radius 1 is 1.50 bits per heavy atom. The Morgan fingerprint density at radius 2 is 2.17 bits per heavy atom. The first-order chi connectivity index (χ1) is 5.51. The van der Waals surface area contributed by atoms with Gasteiger partial charge in [-0.25, -0.2) is 4.68 Å². The molecule has 7 heteroatoms. The predicted molar refractivity (Wildman–Crippen MR) is 35.6 cm³/mol. The Labute approximate surface area is 71.1 Å². The lowest BCUT2D eigenvalue weighted by Crippen LogP contribution is -2.17. The normalized spacial score (nSPS) is 12.0. The third-order valence-corrected chi connectivity index (χ3v) is 1.34. The number of nitrogens with zero attached hydrogens (tertiary/aromatic N) is 3. The minimum atomic E-state index is -4.27. The third kappa shape index (κ3) is 2.69. The number of alkyl halides is 4. The van der Waals surface area contributed by atoms with Crippen molar-refractivity contribution in [1.29, 1.82) is 0 Å². The molecule has 0 fully saturated rings. The van der Waals surface area contributed by atoms with Gasteiger partial charge in [-0.3, -0.25) is 0 Å². The number of hydrogen-bond acceptors (Lipinski definition) is 2. The Bertz CT molecular complexity index is 257. The van der Waals surface area contributed by atoms with Crippen molar-refractivity contribution in [3.05, 3.63) is 11.9 Å². The van der Waals surface area contributed by atoms with Gasteiger partial charge >= 0.3 is 6.18 Å². The fraction of sp³-hybridized carbons (Fsp3) is 0.600. The molecular weight excluding hydrogens is 195 g/mol. The zero-order valence-corrected chi connectivity index (χ0v) is 6.60. The molecule has 0 N–H and O–H groups in total. The van der Waals surface area contributed by atoms with Gasteiger partial charge in [-0.05, 0) is 0 Å². The first kappa shape index (κ1) is 9.31. The van der Waals surface area contributed by atoms with E-state index in [1.807, 2.05) is 0 Å². The van der Waals surface area contributed by atoms with Gasteiger partial charge in [0.2, 0.25) is 0 Å². The van der Waals surface area contributed by atoms with E-state index in [4.69, 9.17) is 11.6 Å². The first-order valence-corrected chi connectivity index (χ1v) is 3.56. The Morgan fingerprint density at radius 3 is 2.58 bits per heavy atom. The van der Waals surface area contributed by atoms with Crippen LogP contribution in [0.3, 0.4) is 0 Å². The summed E-state index contributed by atoms with van der Waals surface area (Å²) < 4.78 is 35.9. The predicted octanol–water partition coefficient (Wildman–Crippen LogP) is 1.58. The van der Waals surface area contributed by atoms with Gasteiger partial charge in [-0.2, -0.15) is 13.2 Å². The standard InChI is InChI=1S/C5H5ClF3N3/c6-1-4-2-12(11-10-4)3-5(7,8)9/h2H,1,3H2. The molecule has 0 aromatic carbocycles. The molecule has 0 saturated heterocycles. The van der Waals surface area contributed by atoms with Crippen LogP contribution in [0.1, 0.15) is 5.69 Å². The fourth-order valence-corrected chi connectivity index (χ4v) is 0.783. The molecule has 0 aliphatic heterocycles. The van der Waals surface area contributed by atoms with Crippen molar-refractivity contribution in [3.8, 4) is 0 Å². The van der Waals surface area contributed by atoms with Crippen LogP contribution in [0, 0.1) is 0 Å². The lowest BCUT2D eigenvalue weighted by molar-refractivity contribution is -0.142. The van der Waals surface area contributed by atoms with Crippen molar-refractivity contribution in [2.75, 3.05) is 0 Å². The van der Waals surface area contributed by atoms with Crippen LogP contribution in [0.5, 0.6) is 0 Å². The molecule has 0 saturated carbocycles. The van der Waals surface area contributed by atoms with Gasteiger partial charge in [-0.15, -0.1) is 16.7 Å². The van der Waals surface area contributed by atoms with Crippen molar-refractivity contribution in [3.63, 3.8) is 0 Å². The van der Waals surface area contributed by atoms with Gasteiger partial charge in [0, 0.05) is 0 Å². The maximum absolute atomic E-state index is 11.7. The number of halogens is 4. The van der Waals surface area contributed by atoms with E-state index in [0.717, 1.165) is 0 Å². The molecule has 0 aliphatic rings. The van der Waals surface area contributed by atoms with Crippen LogP contribution in [0.2, 0.25) is 0 Å². The quantitative estimate of drug-likeness (QED) is 0.677. The largest absolute Gasteiger partial charge is 0.408 e. The zero-order valence-electron chi connectivity index (χ0n) is 5.85. The molecule has 1 rings (SSSR count). The second kappa shape index (κ2) is 3.30. The van der Waals surface area contributed by atoms with Gasteiger partial charge < -0.3 is 0 Å². The fourth-order valence-electron chi connectivity index (χ4n) is 0.661. The first-order valence-electron chi connectivity index (χ1n) is 3.03. The van der Waals surface area contributed by atoms with Crippen molar-refractivity contribution >= 4 is 11.6 Å². The topological polar surface area (TPSA) is 30.7 Å². The summed E-state index contributed by atoms with van der Waals surface area (Å²) in [5.74, 6) is 0.0673. The average Bonchev–Trinajstić information content (AvgIpc) is 2.32. The molecule has 0 amide bonds. The Hall–Kier alpha value is -0.780. The van der Waals surface area contributed by atoms with Gasteiger partial charge in [0.05, 0.1) is 17.8 Å². The molecule has 0 radical (unpaired) electrons. The highest BCUT2D eigenvalue weighted by molar-refractivity contribution is 6.16. The zero-order chi connectivity index (χ0) is 9.19. The van der Waals surface area contributed by atoms with Crippen molar-refractivity contribution in [2.24, 2.45) is 0 Å². The SMILES string of the molecule is FC(F)(F)Cn1cc(CCl)nn1. The maximum atomic E-state index is 11.7. The van der Waals surface area contributed by atoms with Crippen LogP contribution in [-0.4, -0.2) is 21.2 Å². The monoisotopic (exact) mass is 199 g/mol. The second-order valence-corrected chi connectivity index (χ2v) is 2.42. The number of hydrogen-bond donors (Lipinski definition) is 0. The Kier molecular flexibility index (Phi) is 2.56. The number of rotatable bonds is 2. The molecule has 0 aliphatic carbocycles. The Balaban J connectivity index is 2.64. The summed E-state index contributed by atoms with van der Waals surface area (Å²) in [5.41, 5.74) is 0.334. The molecule has 0 bridgehead atoms. The number of aromatic nitrogens is 3. The highest BCUT2D eigenvalue weighted by Gasteiger charge is 2.28. The maximum Gasteiger partial charge on any atom is 0.408 e. The molecule has 3 nitrogen and oxygen atoms in total. The summed E-state index contributed by atoms with van der Waals surface area (Å²) in [6.07, 6.45) is -3.10. The molecule has 1 aromatic heterocycles. The van der Waals surface area contributed by atoms with Crippen LogP contribution in [0.4, 0.5) is 13.2 Å². The molecule has 0 atom stereocenters. The van der Waals surface area contributed by atoms with Gasteiger partial charge in [0.25, 0.3) is 0 Å². The molecule has 0 unspecified atom stereocenters. The highest BCUT2D eigenvalue weighted by atomic mass is 35.5. The van der Waals surface area contributed by atoms with Crippen LogP contribution < -0.4 is 0 Å². The minimum Gasteiger partial charge on any atom is -0.243 e. The van der Waals surface area contributed by atoms with Gasteiger partial charge in [0.1, 0.15) is 6.54 Å². The summed E-state index contributed by atoms with van der Waals surface area (Å²) in [6.45, 7) is -1.13. The third-order valence-electron chi connectivity index (χ3n) is 1.06. The molecule has 12 heavy (non-hydrogen) atoms. The van der Waals surface area contributed by atoms with E-state index >= 15 is 0 Å². The summed E-state index contributed by atoms with van der Waals surface area (Å²) in [6, 6.07) is 0. The molecule has 0 spiro atoms. The second-order valence-electron chi connectivity index (χ2n) is 2.16. The molecule has 68 valence electrons. The van der Waals surface area contributed by atoms with E-state index in [2.05, 4.69) is 10.3 Å². The highest BCUT2D eigenvalue weighted by Crippen LogP contribution is 2.16. The van der Waals surface area contributed by atoms with Crippen LogP contribution in [0.25, 0.3) is 0 Å². The van der Waals surface area contributed by atoms with E-state index in [9.17, 15) is 13.2 Å². The van der Waals surface area contributed by atoms with E-state index < -0.39 is 12.7 Å². The van der Waals surface area contributed by atoms with Crippen LogP contribution in [0.15, 0.2) is 6.20 Å². The van der Waals surface area contributed by atoms with Crippen molar-refractivity contribution in [2.45, 2.75) is 18.6 Å². The average molecular weight is 200 g/mol. The summed E-state index contributed by atoms with van der Waals surface area (Å²) in [5, 5.41) is 6.63. The van der Waals surface area contributed by atoms with Crippen LogP contribution >= 0.6 is 11.6 Å². The summed E-state index contributed by atoms with van der Waals surface area (Å²) in [4.78, 5) is 0. The molecule has 1 aromatic rings. The van der Waals surface area contributed by atoms with Crippen molar-refractivity contribution < 1.29 is 13.2 Å².